The van der Waals surface area contributed by atoms with E-state index in [4.69, 9.17) is 9.72 Å². The molecule has 5 rings (SSSR count). The van der Waals surface area contributed by atoms with Crippen LogP contribution in [0.2, 0.25) is 0 Å². The van der Waals surface area contributed by atoms with Crippen molar-refractivity contribution >= 4 is 17.0 Å². The van der Waals surface area contributed by atoms with E-state index in [1.54, 1.807) is 7.11 Å². The molecular weight excluding hydrogens is 436 g/mol. The quantitative estimate of drug-likeness (QED) is 0.504. The van der Waals surface area contributed by atoms with Gasteiger partial charge in [-0.15, -0.1) is 0 Å². The van der Waals surface area contributed by atoms with Crippen LogP contribution in [0.25, 0.3) is 22.2 Å². The van der Waals surface area contributed by atoms with Gasteiger partial charge in [0.2, 0.25) is 5.95 Å². The second kappa shape index (κ2) is 11.1. The number of benzene rings is 1. The van der Waals surface area contributed by atoms with Crippen molar-refractivity contribution in [1.29, 1.82) is 0 Å². The van der Waals surface area contributed by atoms with Crippen LogP contribution < -0.4 is 5.32 Å². The largest absolute Gasteiger partial charge is 0.383 e. The van der Waals surface area contributed by atoms with Crippen molar-refractivity contribution in [3.8, 4) is 11.1 Å². The standard InChI is InChI=1S/C28H40N6O/c1-21(20-35-3)30-28-29-17-25-26(19-34(27(25)31-28)24-7-5-4-6-8-24)23-11-9-22(10-12-23)18-33-15-13-32(2)14-16-33/h9-12,17,19,21,24H,4-8,13-16,18,20H2,1-3H3,(H,29,30,31). The van der Waals surface area contributed by atoms with Crippen molar-refractivity contribution in [2.75, 3.05) is 52.3 Å². The van der Waals surface area contributed by atoms with Gasteiger partial charge in [0.25, 0.3) is 0 Å². The van der Waals surface area contributed by atoms with Crippen LogP contribution in [0.15, 0.2) is 36.7 Å². The average molecular weight is 477 g/mol. The first-order valence-electron chi connectivity index (χ1n) is 13.2. The molecule has 0 bridgehead atoms. The predicted octanol–water partition coefficient (Wildman–Crippen LogP) is 4.80. The van der Waals surface area contributed by atoms with E-state index in [-0.39, 0.29) is 6.04 Å². The summed E-state index contributed by atoms with van der Waals surface area (Å²) >= 11 is 0. The summed E-state index contributed by atoms with van der Waals surface area (Å²) in [4.78, 5) is 14.6. The molecule has 0 spiro atoms. The van der Waals surface area contributed by atoms with Crippen molar-refractivity contribution in [2.24, 2.45) is 0 Å². The van der Waals surface area contributed by atoms with Crippen LogP contribution in [-0.2, 0) is 11.3 Å². The molecule has 1 aliphatic carbocycles. The van der Waals surface area contributed by atoms with Crippen LogP contribution in [0.5, 0.6) is 0 Å². The Hall–Kier alpha value is -2.48. The van der Waals surface area contributed by atoms with Crippen molar-refractivity contribution in [3.05, 3.63) is 42.2 Å². The van der Waals surface area contributed by atoms with E-state index < -0.39 is 0 Å². The number of hydrogen-bond donors (Lipinski definition) is 1. The predicted molar refractivity (Wildman–Crippen MR) is 143 cm³/mol. The first kappa shape index (κ1) is 24.2. The van der Waals surface area contributed by atoms with E-state index in [1.165, 1.54) is 48.8 Å². The van der Waals surface area contributed by atoms with E-state index in [1.807, 2.05) is 6.20 Å². The summed E-state index contributed by atoms with van der Waals surface area (Å²) < 4.78 is 7.70. The Bertz CT molecular complexity index is 1100. The zero-order chi connectivity index (χ0) is 24.2. The summed E-state index contributed by atoms with van der Waals surface area (Å²) in [6, 6.07) is 9.80. The Morgan fingerprint density at radius 1 is 1.06 bits per heavy atom. The number of rotatable bonds is 8. The van der Waals surface area contributed by atoms with Gasteiger partial charge in [-0.3, -0.25) is 4.90 Å². The highest BCUT2D eigenvalue weighted by atomic mass is 16.5. The fraction of sp³-hybridized carbons (Fsp3) is 0.571. The number of methoxy groups -OCH3 is 1. The molecule has 1 aliphatic heterocycles. The average Bonchev–Trinajstić information content (AvgIpc) is 3.25. The van der Waals surface area contributed by atoms with Crippen LogP contribution in [-0.4, -0.2) is 77.3 Å². The molecule has 3 heterocycles. The smallest absolute Gasteiger partial charge is 0.224 e. The van der Waals surface area contributed by atoms with Gasteiger partial charge in [0.15, 0.2) is 0 Å². The minimum absolute atomic E-state index is 0.155. The SMILES string of the molecule is COCC(C)Nc1ncc2c(-c3ccc(CN4CCN(C)CC4)cc3)cn(C3CCCCC3)c2n1. The lowest BCUT2D eigenvalue weighted by Gasteiger charge is -2.32. The Balaban J connectivity index is 1.42. The Kier molecular flexibility index (Phi) is 7.66. The maximum absolute atomic E-state index is 5.28. The summed E-state index contributed by atoms with van der Waals surface area (Å²) in [6.07, 6.45) is 10.7. The first-order valence-corrected chi connectivity index (χ1v) is 13.2. The Morgan fingerprint density at radius 3 is 2.51 bits per heavy atom. The molecular formula is C28H40N6O. The van der Waals surface area contributed by atoms with Crippen molar-refractivity contribution in [2.45, 2.75) is 57.7 Å². The monoisotopic (exact) mass is 476 g/mol. The van der Waals surface area contributed by atoms with E-state index >= 15 is 0 Å². The third-order valence-electron chi connectivity index (χ3n) is 7.60. The third-order valence-corrected chi connectivity index (χ3v) is 7.60. The normalized spacial score (nSPS) is 19.3. The number of ether oxygens (including phenoxy) is 1. The van der Waals surface area contributed by atoms with Gasteiger partial charge < -0.3 is 19.5 Å². The molecule has 1 aromatic carbocycles. The maximum Gasteiger partial charge on any atom is 0.224 e. The zero-order valence-corrected chi connectivity index (χ0v) is 21.5. The van der Waals surface area contributed by atoms with E-state index in [0.29, 0.717) is 18.6 Å². The van der Waals surface area contributed by atoms with E-state index in [0.717, 1.165) is 43.8 Å². The third kappa shape index (κ3) is 5.68. The molecule has 7 nitrogen and oxygen atoms in total. The van der Waals surface area contributed by atoms with Gasteiger partial charge in [-0.05, 0) is 37.9 Å². The highest BCUT2D eigenvalue weighted by Gasteiger charge is 2.22. The van der Waals surface area contributed by atoms with Crippen LogP contribution in [0.1, 0.15) is 50.6 Å². The Labute approximate surface area is 209 Å². The number of nitrogens with one attached hydrogen (secondary N) is 1. The fourth-order valence-electron chi connectivity index (χ4n) is 5.53. The molecule has 7 heteroatoms. The molecule has 1 atom stereocenters. The molecule has 2 aliphatic rings. The summed E-state index contributed by atoms with van der Waals surface area (Å²) in [7, 11) is 3.93. The van der Waals surface area contributed by atoms with Crippen molar-refractivity contribution in [3.63, 3.8) is 0 Å². The van der Waals surface area contributed by atoms with Gasteiger partial charge in [-0.2, -0.15) is 4.98 Å². The molecule has 3 aromatic rings. The fourth-order valence-corrected chi connectivity index (χ4v) is 5.53. The number of aromatic nitrogens is 3. The molecule has 1 unspecified atom stereocenters. The van der Waals surface area contributed by atoms with Crippen LogP contribution >= 0.6 is 0 Å². The molecule has 0 amide bonds. The molecule has 2 aromatic heterocycles. The Morgan fingerprint density at radius 2 is 1.80 bits per heavy atom. The van der Waals surface area contributed by atoms with Crippen molar-refractivity contribution < 1.29 is 4.74 Å². The summed E-state index contributed by atoms with van der Waals surface area (Å²) in [6.45, 7) is 8.33. The number of fused-ring (bicyclic) bond motifs is 1. The van der Waals surface area contributed by atoms with Gasteiger partial charge in [0.1, 0.15) is 5.65 Å². The lowest BCUT2D eigenvalue weighted by Crippen LogP contribution is -2.43. The zero-order valence-electron chi connectivity index (χ0n) is 21.5. The lowest BCUT2D eigenvalue weighted by atomic mass is 9.95. The van der Waals surface area contributed by atoms with E-state index in [2.05, 4.69) is 69.1 Å². The molecule has 1 saturated heterocycles. The molecule has 35 heavy (non-hydrogen) atoms. The van der Waals surface area contributed by atoms with E-state index in [9.17, 15) is 0 Å². The highest BCUT2D eigenvalue weighted by molar-refractivity contribution is 5.94. The maximum atomic E-state index is 5.28. The van der Waals surface area contributed by atoms with Crippen LogP contribution in [0.4, 0.5) is 5.95 Å². The first-order chi connectivity index (χ1) is 17.1. The van der Waals surface area contributed by atoms with Gasteiger partial charge in [0.05, 0.1) is 6.61 Å². The van der Waals surface area contributed by atoms with Gasteiger partial charge in [-0.1, -0.05) is 43.5 Å². The molecule has 1 saturated carbocycles. The molecule has 0 radical (unpaired) electrons. The second-order valence-electron chi connectivity index (χ2n) is 10.4. The molecule has 2 fully saturated rings. The van der Waals surface area contributed by atoms with Crippen LogP contribution in [0.3, 0.4) is 0 Å². The number of hydrogen-bond acceptors (Lipinski definition) is 6. The highest BCUT2D eigenvalue weighted by Crippen LogP contribution is 2.36. The number of piperazine rings is 1. The number of nitrogens with zero attached hydrogens (tertiary/aromatic N) is 5. The molecule has 188 valence electrons. The topological polar surface area (TPSA) is 58.5 Å². The number of likely N-dealkylation sites (N-methyl/N-ethyl adjacent to an activating group) is 1. The molecule has 1 N–H and O–H groups in total. The van der Waals surface area contributed by atoms with Crippen molar-refractivity contribution in [1.82, 2.24) is 24.3 Å². The van der Waals surface area contributed by atoms with Gasteiger partial charge in [-0.25, -0.2) is 4.98 Å². The second-order valence-corrected chi connectivity index (χ2v) is 10.4. The minimum atomic E-state index is 0.155. The van der Waals surface area contributed by atoms with Gasteiger partial charge in [0, 0.05) is 75.3 Å². The van der Waals surface area contributed by atoms with Crippen LogP contribution in [0, 0.1) is 0 Å². The van der Waals surface area contributed by atoms with Gasteiger partial charge >= 0.3 is 0 Å². The summed E-state index contributed by atoms with van der Waals surface area (Å²) in [5, 5.41) is 4.53. The lowest BCUT2D eigenvalue weighted by molar-refractivity contribution is 0.148. The number of anilines is 1. The summed E-state index contributed by atoms with van der Waals surface area (Å²) in [5.41, 5.74) is 4.89. The summed E-state index contributed by atoms with van der Waals surface area (Å²) in [5.74, 6) is 0.672. The minimum Gasteiger partial charge on any atom is -0.383 e.